The first-order chi connectivity index (χ1) is 15.0. The number of aryl methyl sites for hydroxylation is 1. The summed E-state index contributed by atoms with van der Waals surface area (Å²) >= 11 is 0. The van der Waals surface area contributed by atoms with Crippen LogP contribution in [0.2, 0.25) is 0 Å². The Labute approximate surface area is 190 Å². The molecule has 0 spiro atoms. The SMILES string of the molecule is CC(C)(C)S(C)(C)OCCCn1ccc(C2=CC(=C3C(=O)Nc4cc(F)ccc43)OC2)c1. The summed E-state index contributed by atoms with van der Waals surface area (Å²) in [6.45, 7) is 8.71. The molecule has 1 aromatic carbocycles. The van der Waals surface area contributed by atoms with Crippen LogP contribution in [0.1, 0.15) is 38.3 Å². The second kappa shape index (κ2) is 8.45. The van der Waals surface area contributed by atoms with E-state index in [4.69, 9.17) is 8.92 Å². The number of hydrogen-bond donors (Lipinski definition) is 1. The van der Waals surface area contributed by atoms with Crippen molar-refractivity contribution in [3.05, 3.63) is 65.4 Å². The van der Waals surface area contributed by atoms with Crippen molar-refractivity contribution in [1.29, 1.82) is 0 Å². The second-order valence-electron chi connectivity index (χ2n) is 9.50. The van der Waals surface area contributed by atoms with Crippen molar-refractivity contribution < 1.29 is 18.1 Å². The standard InChI is InChI=1S/C25H31FN2O3S/c1-25(2,3)32(4,5)31-12-6-10-28-11-9-17(15-28)18-13-22(30-16-18)23-20-8-7-19(26)14-21(20)27-24(23)29/h7-9,11,13-15H,6,10,12,16H2,1-5H3,(H,27,29). The molecule has 1 N–H and O–H groups in total. The first-order valence-electron chi connectivity index (χ1n) is 10.8. The van der Waals surface area contributed by atoms with Gasteiger partial charge >= 0.3 is 0 Å². The zero-order valence-electron chi connectivity index (χ0n) is 19.3. The van der Waals surface area contributed by atoms with Gasteiger partial charge in [-0.1, -0.05) is 20.8 Å². The van der Waals surface area contributed by atoms with Crippen molar-refractivity contribution >= 4 is 33.0 Å². The lowest BCUT2D eigenvalue weighted by Crippen LogP contribution is -2.25. The highest BCUT2D eigenvalue weighted by atomic mass is 32.3. The van der Waals surface area contributed by atoms with Crippen LogP contribution in [0.25, 0.3) is 11.1 Å². The minimum atomic E-state index is -1.10. The Balaban J connectivity index is 1.42. The van der Waals surface area contributed by atoms with Crippen molar-refractivity contribution in [3.63, 3.8) is 0 Å². The normalized spacial score (nSPS) is 18.9. The zero-order valence-corrected chi connectivity index (χ0v) is 20.1. The lowest BCUT2D eigenvalue weighted by Gasteiger charge is -2.43. The number of anilines is 1. The highest BCUT2D eigenvalue weighted by molar-refractivity contribution is 8.29. The number of hydrogen-bond acceptors (Lipinski definition) is 3. The summed E-state index contributed by atoms with van der Waals surface area (Å²) < 4.78 is 27.9. The van der Waals surface area contributed by atoms with Gasteiger partial charge in [0.2, 0.25) is 0 Å². The Hall–Kier alpha value is -2.51. The van der Waals surface area contributed by atoms with Crippen molar-refractivity contribution in [2.45, 2.75) is 38.5 Å². The number of ether oxygens (including phenoxy) is 1. The molecule has 2 aromatic rings. The van der Waals surface area contributed by atoms with Gasteiger partial charge in [0, 0.05) is 34.8 Å². The summed E-state index contributed by atoms with van der Waals surface area (Å²) in [4.78, 5) is 12.4. The number of carbonyl (C=O) groups excluding carboxylic acids is 1. The first kappa shape index (κ1) is 22.7. The van der Waals surface area contributed by atoms with Gasteiger partial charge in [-0.2, -0.15) is 0 Å². The number of allylic oxidation sites excluding steroid dienone is 1. The number of aromatic nitrogens is 1. The van der Waals surface area contributed by atoms with E-state index in [0.29, 0.717) is 29.2 Å². The monoisotopic (exact) mass is 458 g/mol. The molecule has 0 saturated heterocycles. The van der Waals surface area contributed by atoms with Gasteiger partial charge in [-0.3, -0.25) is 4.79 Å². The molecule has 0 aliphatic carbocycles. The fraction of sp³-hybridized carbons (Fsp3) is 0.400. The minimum absolute atomic E-state index is 0.166. The highest BCUT2D eigenvalue weighted by Gasteiger charge is 2.30. The maximum absolute atomic E-state index is 13.5. The average molecular weight is 459 g/mol. The molecule has 0 unspecified atom stereocenters. The van der Waals surface area contributed by atoms with Crippen LogP contribution in [0, 0.1) is 5.82 Å². The molecule has 0 fully saturated rings. The predicted molar refractivity (Wildman–Crippen MR) is 130 cm³/mol. The first-order valence-corrected chi connectivity index (χ1v) is 13.1. The topological polar surface area (TPSA) is 52.5 Å². The van der Waals surface area contributed by atoms with E-state index in [1.54, 1.807) is 6.07 Å². The van der Waals surface area contributed by atoms with Gasteiger partial charge in [-0.05, 0) is 54.8 Å². The molecule has 2 aliphatic heterocycles. The van der Waals surface area contributed by atoms with E-state index in [-0.39, 0.29) is 16.5 Å². The molecule has 0 bridgehead atoms. The lowest BCUT2D eigenvalue weighted by atomic mass is 10.0. The highest BCUT2D eigenvalue weighted by Crippen LogP contribution is 2.53. The Morgan fingerprint density at radius 3 is 2.78 bits per heavy atom. The van der Waals surface area contributed by atoms with E-state index in [1.165, 1.54) is 12.1 Å². The van der Waals surface area contributed by atoms with Crippen LogP contribution in [-0.4, -0.2) is 40.9 Å². The van der Waals surface area contributed by atoms with Crippen LogP contribution in [0.15, 0.2) is 48.5 Å². The summed E-state index contributed by atoms with van der Waals surface area (Å²) in [5.41, 5.74) is 3.69. The Bertz CT molecular complexity index is 1110. The Kier molecular flexibility index (Phi) is 5.98. The molecular weight excluding hydrogens is 427 g/mol. The van der Waals surface area contributed by atoms with Crippen LogP contribution < -0.4 is 5.32 Å². The maximum atomic E-state index is 13.5. The number of nitrogens with one attached hydrogen (secondary N) is 1. The van der Waals surface area contributed by atoms with Gasteiger partial charge in [0.25, 0.3) is 5.91 Å². The summed E-state index contributed by atoms with van der Waals surface area (Å²) in [6, 6.07) is 6.36. The van der Waals surface area contributed by atoms with E-state index < -0.39 is 10.3 Å². The Morgan fingerprint density at radius 2 is 2.03 bits per heavy atom. The molecule has 0 atom stereocenters. The van der Waals surface area contributed by atoms with Crippen molar-refractivity contribution in [1.82, 2.24) is 4.57 Å². The molecule has 32 heavy (non-hydrogen) atoms. The molecule has 5 nitrogen and oxygen atoms in total. The average Bonchev–Trinajstić information content (AvgIpc) is 3.41. The summed E-state index contributed by atoms with van der Waals surface area (Å²) in [5.74, 6) is -0.124. The molecule has 0 saturated carbocycles. The van der Waals surface area contributed by atoms with Gasteiger partial charge < -0.3 is 18.8 Å². The number of rotatable bonds is 6. The molecule has 3 heterocycles. The van der Waals surface area contributed by atoms with Crippen molar-refractivity contribution in [2.75, 3.05) is 31.0 Å². The van der Waals surface area contributed by atoms with Crippen LogP contribution >= 0.6 is 10.3 Å². The van der Waals surface area contributed by atoms with Crippen LogP contribution in [0.5, 0.6) is 0 Å². The van der Waals surface area contributed by atoms with Crippen molar-refractivity contribution in [2.24, 2.45) is 0 Å². The van der Waals surface area contributed by atoms with E-state index in [2.05, 4.69) is 61.6 Å². The van der Waals surface area contributed by atoms with Crippen LogP contribution in [0.4, 0.5) is 10.1 Å². The molecular formula is C25H31FN2O3S. The number of fused-ring (bicyclic) bond motifs is 1. The molecule has 1 amide bonds. The molecule has 172 valence electrons. The number of nitrogens with zero attached hydrogens (tertiary/aromatic N) is 1. The van der Waals surface area contributed by atoms with Gasteiger partial charge in [0.1, 0.15) is 18.2 Å². The summed E-state index contributed by atoms with van der Waals surface area (Å²) in [7, 11) is -1.10. The maximum Gasteiger partial charge on any atom is 0.260 e. The minimum Gasteiger partial charge on any atom is -0.488 e. The van der Waals surface area contributed by atoms with E-state index in [1.807, 2.05) is 6.08 Å². The van der Waals surface area contributed by atoms with Crippen LogP contribution in [0.3, 0.4) is 0 Å². The number of benzene rings is 1. The molecule has 7 heteroatoms. The van der Waals surface area contributed by atoms with E-state index in [0.717, 1.165) is 30.7 Å². The fourth-order valence-electron chi connectivity index (χ4n) is 3.56. The molecule has 0 radical (unpaired) electrons. The quantitative estimate of drug-likeness (QED) is 0.454. The largest absolute Gasteiger partial charge is 0.488 e. The Morgan fingerprint density at radius 1 is 1.25 bits per heavy atom. The summed E-state index contributed by atoms with van der Waals surface area (Å²) in [6.07, 6.45) is 11.5. The van der Waals surface area contributed by atoms with Gasteiger partial charge in [0.15, 0.2) is 0 Å². The van der Waals surface area contributed by atoms with Gasteiger partial charge in [-0.25, -0.2) is 4.39 Å². The summed E-state index contributed by atoms with van der Waals surface area (Å²) in [5, 5.41) is 2.71. The van der Waals surface area contributed by atoms with E-state index in [9.17, 15) is 9.18 Å². The third-order valence-corrected chi connectivity index (χ3v) is 9.90. The molecule has 2 aliphatic rings. The lowest BCUT2D eigenvalue weighted by molar-refractivity contribution is -0.110. The fourth-order valence-corrected chi connectivity index (χ4v) is 4.45. The van der Waals surface area contributed by atoms with Gasteiger partial charge in [0.05, 0.1) is 17.9 Å². The van der Waals surface area contributed by atoms with Crippen molar-refractivity contribution in [3.8, 4) is 0 Å². The number of halogens is 1. The third-order valence-electron chi connectivity index (χ3n) is 6.20. The molecule has 1 aromatic heterocycles. The number of amides is 1. The van der Waals surface area contributed by atoms with Crippen LogP contribution in [-0.2, 0) is 20.3 Å². The predicted octanol–water partition coefficient (Wildman–Crippen LogP) is 5.59. The number of carbonyl (C=O) groups is 1. The van der Waals surface area contributed by atoms with E-state index >= 15 is 0 Å². The van der Waals surface area contributed by atoms with Gasteiger partial charge in [-0.15, -0.1) is 10.3 Å². The second-order valence-corrected chi connectivity index (χ2v) is 13.4. The molecule has 4 rings (SSSR count). The smallest absolute Gasteiger partial charge is 0.260 e. The third kappa shape index (κ3) is 4.50. The zero-order chi connectivity index (χ0) is 23.1.